The summed E-state index contributed by atoms with van der Waals surface area (Å²) in [5, 5.41) is 3.44. The molecule has 0 saturated heterocycles. The van der Waals surface area contributed by atoms with Crippen molar-refractivity contribution >= 4 is 43.5 Å². The van der Waals surface area contributed by atoms with Gasteiger partial charge in [-0.05, 0) is 48.2 Å². The van der Waals surface area contributed by atoms with E-state index in [9.17, 15) is 0 Å². The number of para-hydroxylation sites is 1. The molecule has 5 rings (SSSR count). The number of furan rings is 1. The molecule has 0 aliphatic rings. The highest BCUT2D eigenvalue weighted by molar-refractivity contribution is 7.19. The first-order valence-electron chi connectivity index (χ1n) is 10.5. The second kappa shape index (κ2) is 6.64. The van der Waals surface area contributed by atoms with Gasteiger partial charge in [-0.15, -0.1) is 11.3 Å². The normalized spacial score (nSPS) is 12.6. The van der Waals surface area contributed by atoms with Crippen LogP contribution in [0.5, 0.6) is 0 Å². The van der Waals surface area contributed by atoms with E-state index in [0.717, 1.165) is 43.7 Å². The molecular weight excluding hydrogens is 388 g/mol. The van der Waals surface area contributed by atoms with E-state index in [1.165, 1.54) is 15.8 Å². The number of rotatable bonds is 2. The van der Waals surface area contributed by atoms with Gasteiger partial charge in [0.15, 0.2) is 0 Å². The quantitative estimate of drug-likeness (QED) is 0.294. The summed E-state index contributed by atoms with van der Waals surface area (Å²) >= 11 is 1.78. The van der Waals surface area contributed by atoms with Crippen LogP contribution in [0.2, 0.25) is 0 Å². The molecular formula is C26H26N2OS. The van der Waals surface area contributed by atoms with E-state index in [-0.39, 0.29) is 5.41 Å². The molecule has 0 fully saturated rings. The van der Waals surface area contributed by atoms with Crippen molar-refractivity contribution in [2.75, 3.05) is 0 Å². The van der Waals surface area contributed by atoms with E-state index < -0.39 is 0 Å². The number of pyridine rings is 1. The molecule has 0 N–H and O–H groups in total. The fourth-order valence-electron chi connectivity index (χ4n) is 4.10. The van der Waals surface area contributed by atoms with Crippen molar-refractivity contribution in [1.29, 1.82) is 0 Å². The van der Waals surface area contributed by atoms with Crippen LogP contribution < -0.4 is 0 Å². The highest BCUT2D eigenvalue weighted by Gasteiger charge is 2.22. The lowest BCUT2D eigenvalue weighted by molar-refractivity contribution is 0.587. The van der Waals surface area contributed by atoms with Crippen molar-refractivity contribution < 1.29 is 4.42 Å². The molecule has 0 bridgehead atoms. The molecule has 0 aliphatic carbocycles. The summed E-state index contributed by atoms with van der Waals surface area (Å²) in [6, 6.07) is 12.7. The summed E-state index contributed by atoms with van der Waals surface area (Å²) in [7, 11) is 0. The highest BCUT2D eigenvalue weighted by Crippen LogP contribution is 2.42. The highest BCUT2D eigenvalue weighted by atomic mass is 32.1. The van der Waals surface area contributed by atoms with Gasteiger partial charge in [-0.3, -0.25) is 4.98 Å². The number of benzene rings is 2. The molecule has 4 heteroatoms. The third kappa shape index (κ3) is 2.93. The first kappa shape index (κ1) is 19.3. The van der Waals surface area contributed by atoms with Crippen molar-refractivity contribution in [3.8, 4) is 11.3 Å². The number of nitrogens with zero attached hydrogens (tertiary/aromatic N) is 2. The molecule has 5 aromatic rings. The summed E-state index contributed by atoms with van der Waals surface area (Å²) in [5.74, 6) is 0.453. The molecule has 0 atom stereocenters. The Hall–Kier alpha value is -2.72. The Labute approximate surface area is 180 Å². The van der Waals surface area contributed by atoms with E-state index in [4.69, 9.17) is 14.4 Å². The van der Waals surface area contributed by atoms with E-state index >= 15 is 0 Å². The van der Waals surface area contributed by atoms with Gasteiger partial charge in [0, 0.05) is 27.9 Å². The first-order chi connectivity index (χ1) is 14.2. The number of hydrogen-bond acceptors (Lipinski definition) is 4. The van der Waals surface area contributed by atoms with Gasteiger partial charge in [0.05, 0.1) is 20.9 Å². The molecule has 3 nitrogen and oxygen atoms in total. The molecule has 30 heavy (non-hydrogen) atoms. The second-order valence-corrected chi connectivity index (χ2v) is 10.4. The summed E-state index contributed by atoms with van der Waals surface area (Å²) < 4.78 is 7.61. The van der Waals surface area contributed by atoms with E-state index in [2.05, 4.69) is 77.9 Å². The Morgan fingerprint density at radius 3 is 2.60 bits per heavy atom. The van der Waals surface area contributed by atoms with Crippen LogP contribution >= 0.6 is 11.3 Å². The van der Waals surface area contributed by atoms with Crippen LogP contribution in [0.15, 0.2) is 47.0 Å². The van der Waals surface area contributed by atoms with Gasteiger partial charge in [0.25, 0.3) is 0 Å². The first-order valence-corrected chi connectivity index (χ1v) is 11.3. The molecule has 152 valence electrons. The molecule has 3 heterocycles. The zero-order chi connectivity index (χ0) is 21.2. The average molecular weight is 415 g/mol. The molecule has 0 amide bonds. The second-order valence-electron chi connectivity index (χ2n) is 9.42. The third-order valence-corrected chi connectivity index (χ3v) is 7.21. The van der Waals surface area contributed by atoms with Crippen LogP contribution in [-0.2, 0) is 5.41 Å². The maximum atomic E-state index is 6.41. The predicted octanol–water partition coefficient (Wildman–Crippen LogP) is 7.99. The summed E-state index contributed by atoms with van der Waals surface area (Å²) in [6.07, 6.45) is 1.98. The molecule has 0 spiro atoms. The maximum absolute atomic E-state index is 6.41. The maximum Gasteiger partial charge on any atom is 0.144 e. The number of thiazole rings is 1. The van der Waals surface area contributed by atoms with Gasteiger partial charge in [-0.25, -0.2) is 4.98 Å². The SMILES string of the molecule is Cc1cnc(-c2cccc3c2oc2ccc4nc(C(C)(C)C)sc4c23)cc1C(C)C. The summed E-state index contributed by atoms with van der Waals surface area (Å²) in [6.45, 7) is 13.2. The monoisotopic (exact) mass is 414 g/mol. The Morgan fingerprint density at radius 2 is 1.87 bits per heavy atom. The molecule has 0 radical (unpaired) electrons. The van der Waals surface area contributed by atoms with Gasteiger partial charge in [-0.1, -0.05) is 46.8 Å². The predicted molar refractivity (Wildman–Crippen MR) is 128 cm³/mol. The van der Waals surface area contributed by atoms with Crippen LogP contribution in [0.1, 0.15) is 56.7 Å². The fourth-order valence-corrected chi connectivity index (χ4v) is 5.27. The van der Waals surface area contributed by atoms with Crippen LogP contribution in [0.3, 0.4) is 0 Å². The Kier molecular flexibility index (Phi) is 4.26. The lowest BCUT2D eigenvalue weighted by atomic mass is 9.97. The van der Waals surface area contributed by atoms with Gasteiger partial charge in [0.1, 0.15) is 11.2 Å². The van der Waals surface area contributed by atoms with Crippen molar-refractivity contribution in [3.05, 3.63) is 58.7 Å². The molecule has 0 saturated carbocycles. The van der Waals surface area contributed by atoms with Crippen molar-refractivity contribution in [3.63, 3.8) is 0 Å². The smallest absolute Gasteiger partial charge is 0.144 e. The Morgan fingerprint density at radius 1 is 1.07 bits per heavy atom. The van der Waals surface area contributed by atoms with E-state index in [1.54, 1.807) is 11.3 Å². The van der Waals surface area contributed by atoms with Crippen LogP contribution in [0.4, 0.5) is 0 Å². The lowest BCUT2D eigenvalue weighted by Gasteiger charge is -2.13. The summed E-state index contributed by atoms with van der Waals surface area (Å²) in [4.78, 5) is 9.65. The minimum Gasteiger partial charge on any atom is -0.455 e. The van der Waals surface area contributed by atoms with Gasteiger partial charge < -0.3 is 4.42 Å². The molecule has 0 aliphatic heterocycles. The van der Waals surface area contributed by atoms with Crippen LogP contribution in [-0.4, -0.2) is 9.97 Å². The minimum atomic E-state index is 0.0276. The number of hydrogen-bond donors (Lipinski definition) is 0. The Bertz CT molecular complexity index is 1420. The van der Waals surface area contributed by atoms with Crippen molar-refractivity contribution in [2.24, 2.45) is 0 Å². The third-order valence-electron chi connectivity index (χ3n) is 5.70. The number of aromatic nitrogens is 2. The van der Waals surface area contributed by atoms with E-state index in [0.29, 0.717) is 5.92 Å². The van der Waals surface area contributed by atoms with Crippen molar-refractivity contribution in [1.82, 2.24) is 9.97 Å². The van der Waals surface area contributed by atoms with Crippen LogP contribution in [0.25, 0.3) is 43.4 Å². The lowest BCUT2D eigenvalue weighted by Crippen LogP contribution is -2.09. The molecule has 0 unspecified atom stereocenters. The standard InChI is InChI=1S/C26H26N2OS/c1-14(2)18-12-20(27-13-15(18)3)16-8-7-9-17-22-21(29-23(16)17)11-10-19-24(22)30-25(28-19)26(4,5)6/h7-14H,1-6H3. The minimum absolute atomic E-state index is 0.0276. The van der Waals surface area contributed by atoms with E-state index in [1.807, 2.05) is 6.20 Å². The van der Waals surface area contributed by atoms with Gasteiger partial charge in [-0.2, -0.15) is 0 Å². The molecule has 2 aromatic carbocycles. The Balaban J connectivity index is 1.81. The number of aryl methyl sites for hydroxylation is 1. The molecule has 3 aromatic heterocycles. The largest absolute Gasteiger partial charge is 0.455 e. The topological polar surface area (TPSA) is 38.9 Å². The number of fused-ring (bicyclic) bond motifs is 5. The summed E-state index contributed by atoms with van der Waals surface area (Å²) in [5.41, 5.74) is 7.44. The average Bonchev–Trinajstić information content (AvgIpc) is 3.28. The fraction of sp³-hybridized carbons (Fsp3) is 0.308. The van der Waals surface area contributed by atoms with Crippen LogP contribution in [0, 0.1) is 6.92 Å². The zero-order valence-electron chi connectivity index (χ0n) is 18.3. The van der Waals surface area contributed by atoms with Gasteiger partial charge in [0.2, 0.25) is 0 Å². The van der Waals surface area contributed by atoms with Gasteiger partial charge >= 0.3 is 0 Å². The zero-order valence-corrected chi connectivity index (χ0v) is 19.1. The van der Waals surface area contributed by atoms with Crippen molar-refractivity contribution in [2.45, 2.75) is 52.9 Å².